The minimum atomic E-state index is -0.00671. The van der Waals surface area contributed by atoms with Crippen LogP contribution in [0.4, 0.5) is 5.69 Å². The zero-order valence-corrected chi connectivity index (χ0v) is 11.8. The molecule has 0 bridgehead atoms. The average molecular weight is 261 g/mol. The molecule has 1 saturated heterocycles. The molecule has 104 valence electrons. The van der Waals surface area contributed by atoms with Crippen LogP contribution < -0.4 is 11.1 Å². The van der Waals surface area contributed by atoms with Crippen LogP contribution >= 0.6 is 0 Å². The minimum absolute atomic E-state index is 0.00671. The lowest BCUT2D eigenvalue weighted by Gasteiger charge is -2.32. The van der Waals surface area contributed by atoms with Gasteiger partial charge in [-0.25, -0.2) is 0 Å². The molecule has 19 heavy (non-hydrogen) atoms. The van der Waals surface area contributed by atoms with Crippen molar-refractivity contribution < 1.29 is 4.79 Å². The first kappa shape index (κ1) is 13.9. The largest absolute Gasteiger partial charge is 0.398 e. The van der Waals surface area contributed by atoms with Gasteiger partial charge in [-0.05, 0) is 50.6 Å². The van der Waals surface area contributed by atoms with Crippen molar-refractivity contribution in [1.82, 2.24) is 10.2 Å². The van der Waals surface area contributed by atoms with Gasteiger partial charge in [0.1, 0.15) is 0 Å². The van der Waals surface area contributed by atoms with Crippen molar-refractivity contribution in [2.24, 2.45) is 0 Å². The first-order chi connectivity index (χ1) is 9.11. The predicted octanol–water partition coefficient (Wildman–Crippen LogP) is 1.79. The van der Waals surface area contributed by atoms with Gasteiger partial charge in [-0.2, -0.15) is 0 Å². The molecule has 1 aliphatic rings. The number of nitrogen functional groups attached to an aromatic ring is 1. The van der Waals surface area contributed by atoms with Crippen LogP contribution in [0.2, 0.25) is 0 Å². The number of hydrogen-bond donors (Lipinski definition) is 2. The van der Waals surface area contributed by atoms with Gasteiger partial charge in [-0.1, -0.05) is 13.0 Å². The Morgan fingerprint density at radius 1 is 1.53 bits per heavy atom. The summed E-state index contributed by atoms with van der Waals surface area (Å²) < 4.78 is 0. The molecule has 1 heterocycles. The van der Waals surface area contributed by atoms with Crippen molar-refractivity contribution >= 4 is 11.6 Å². The molecule has 1 atom stereocenters. The molecule has 4 nitrogen and oxygen atoms in total. The van der Waals surface area contributed by atoms with E-state index in [1.165, 1.54) is 0 Å². The van der Waals surface area contributed by atoms with E-state index in [1.807, 2.05) is 25.1 Å². The molecule has 0 saturated carbocycles. The quantitative estimate of drug-likeness (QED) is 0.816. The van der Waals surface area contributed by atoms with Gasteiger partial charge in [0.2, 0.25) is 0 Å². The maximum Gasteiger partial charge on any atom is 0.251 e. The number of nitrogens with two attached hydrogens (primary N) is 1. The zero-order chi connectivity index (χ0) is 13.8. The van der Waals surface area contributed by atoms with Crippen molar-refractivity contribution in [3.05, 3.63) is 29.3 Å². The summed E-state index contributed by atoms with van der Waals surface area (Å²) in [6.07, 6.45) is 2.21. The molecule has 3 N–H and O–H groups in total. The van der Waals surface area contributed by atoms with E-state index in [0.717, 1.165) is 38.0 Å². The van der Waals surface area contributed by atoms with E-state index in [0.29, 0.717) is 11.3 Å². The summed E-state index contributed by atoms with van der Waals surface area (Å²) in [5.41, 5.74) is 8.07. The van der Waals surface area contributed by atoms with Crippen LogP contribution in [0.1, 0.15) is 35.7 Å². The second-order valence-electron chi connectivity index (χ2n) is 5.23. The van der Waals surface area contributed by atoms with Crippen molar-refractivity contribution in [1.29, 1.82) is 0 Å². The van der Waals surface area contributed by atoms with E-state index in [2.05, 4.69) is 17.1 Å². The van der Waals surface area contributed by atoms with Crippen molar-refractivity contribution in [3.63, 3.8) is 0 Å². The van der Waals surface area contributed by atoms with Crippen molar-refractivity contribution in [2.75, 3.05) is 25.4 Å². The van der Waals surface area contributed by atoms with Crippen molar-refractivity contribution in [3.8, 4) is 0 Å². The highest BCUT2D eigenvalue weighted by atomic mass is 16.1. The zero-order valence-electron chi connectivity index (χ0n) is 11.8. The summed E-state index contributed by atoms with van der Waals surface area (Å²) in [4.78, 5) is 14.7. The van der Waals surface area contributed by atoms with Gasteiger partial charge >= 0.3 is 0 Å². The van der Waals surface area contributed by atoms with Gasteiger partial charge in [-0.3, -0.25) is 4.79 Å². The maximum atomic E-state index is 12.3. The molecular formula is C15H23N3O. The number of carbonyl (C=O) groups excluding carboxylic acids is 1. The molecule has 1 aliphatic heterocycles. The fourth-order valence-corrected chi connectivity index (χ4v) is 2.62. The highest BCUT2D eigenvalue weighted by Gasteiger charge is 2.21. The van der Waals surface area contributed by atoms with Crippen LogP contribution in [0.5, 0.6) is 0 Å². The van der Waals surface area contributed by atoms with Crippen LogP contribution in [0.3, 0.4) is 0 Å². The molecule has 0 radical (unpaired) electrons. The molecule has 2 rings (SSSR count). The summed E-state index contributed by atoms with van der Waals surface area (Å²) in [5, 5.41) is 3.13. The number of likely N-dealkylation sites (tertiary alicyclic amines) is 1. The lowest BCUT2D eigenvalue weighted by molar-refractivity contribution is 0.0905. The topological polar surface area (TPSA) is 58.4 Å². The molecule has 1 fully saturated rings. The fourth-order valence-electron chi connectivity index (χ4n) is 2.62. The molecule has 4 heteroatoms. The van der Waals surface area contributed by atoms with Gasteiger partial charge in [-0.15, -0.1) is 0 Å². The molecule has 1 amide bonds. The number of hydrogen-bond acceptors (Lipinski definition) is 3. The predicted molar refractivity (Wildman–Crippen MR) is 78.2 cm³/mol. The number of nitrogens with zero attached hydrogens (tertiary/aromatic N) is 1. The number of nitrogens with one attached hydrogen (secondary N) is 1. The third kappa shape index (κ3) is 3.26. The molecule has 1 unspecified atom stereocenters. The Bertz CT molecular complexity index is 459. The van der Waals surface area contributed by atoms with E-state index in [1.54, 1.807) is 0 Å². The lowest BCUT2D eigenvalue weighted by atomic mass is 10.0. The SMILES string of the molecule is CCN1CCCC(NC(=O)c2cccc(N)c2C)C1. The highest BCUT2D eigenvalue weighted by Crippen LogP contribution is 2.16. The van der Waals surface area contributed by atoms with Crippen LogP contribution in [0.25, 0.3) is 0 Å². The van der Waals surface area contributed by atoms with Gasteiger partial charge in [0.15, 0.2) is 0 Å². The third-order valence-corrected chi connectivity index (χ3v) is 3.91. The molecular weight excluding hydrogens is 238 g/mol. The van der Waals surface area contributed by atoms with E-state index in [-0.39, 0.29) is 11.9 Å². The summed E-state index contributed by atoms with van der Waals surface area (Å²) in [5.74, 6) is -0.00671. The Morgan fingerprint density at radius 3 is 3.05 bits per heavy atom. The Balaban J connectivity index is 2.02. The number of anilines is 1. The highest BCUT2D eigenvalue weighted by molar-refractivity contribution is 5.97. The summed E-state index contributed by atoms with van der Waals surface area (Å²) in [6.45, 7) is 7.18. The standard InChI is InChI=1S/C15H23N3O/c1-3-18-9-5-6-12(10-18)17-15(19)13-7-4-8-14(16)11(13)2/h4,7-8,12H,3,5-6,9-10,16H2,1-2H3,(H,17,19). The van der Waals surface area contributed by atoms with Gasteiger partial charge in [0, 0.05) is 23.8 Å². The summed E-state index contributed by atoms with van der Waals surface area (Å²) in [6, 6.07) is 5.74. The van der Waals surface area contributed by atoms with Crippen LogP contribution in [0, 0.1) is 6.92 Å². The maximum absolute atomic E-state index is 12.3. The monoisotopic (exact) mass is 261 g/mol. The number of carbonyl (C=O) groups is 1. The Kier molecular flexibility index (Phi) is 4.43. The molecule has 0 aromatic heterocycles. The number of amides is 1. The number of benzene rings is 1. The second-order valence-corrected chi connectivity index (χ2v) is 5.23. The van der Waals surface area contributed by atoms with Crippen LogP contribution in [-0.4, -0.2) is 36.5 Å². The van der Waals surface area contributed by atoms with Gasteiger partial charge in [0.25, 0.3) is 5.91 Å². The summed E-state index contributed by atoms with van der Waals surface area (Å²) >= 11 is 0. The molecule has 0 aliphatic carbocycles. The molecule has 1 aromatic carbocycles. The van der Waals surface area contributed by atoms with E-state index >= 15 is 0 Å². The number of rotatable bonds is 3. The van der Waals surface area contributed by atoms with Gasteiger partial charge < -0.3 is 16.0 Å². The van der Waals surface area contributed by atoms with E-state index in [9.17, 15) is 4.79 Å². The lowest BCUT2D eigenvalue weighted by Crippen LogP contribution is -2.47. The van der Waals surface area contributed by atoms with Gasteiger partial charge in [0.05, 0.1) is 0 Å². The van der Waals surface area contributed by atoms with E-state index in [4.69, 9.17) is 5.73 Å². The average Bonchev–Trinajstić information content (AvgIpc) is 2.42. The van der Waals surface area contributed by atoms with Crippen LogP contribution in [0.15, 0.2) is 18.2 Å². The Hall–Kier alpha value is -1.55. The van der Waals surface area contributed by atoms with E-state index < -0.39 is 0 Å². The fraction of sp³-hybridized carbons (Fsp3) is 0.533. The Labute approximate surface area is 115 Å². The smallest absolute Gasteiger partial charge is 0.251 e. The normalized spacial score (nSPS) is 20.2. The number of likely N-dealkylation sites (N-methyl/N-ethyl adjacent to an activating group) is 1. The minimum Gasteiger partial charge on any atom is -0.398 e. The molecule has 1 aromatic rings. The van der Waals surface area contributed by atoms with Crippen LogP contribution in [-0.2, 0) is 0 Å². The third-order valence-electron chi connectivity index (χ3n) is 3.91. The number of piperidine rings is 1. The molecule has 0 spiro atoms. The Morgan fingerprint density at radius 2 is 2.32 bits per heavy atom. The second kappa shape index (κ2) is 6.06. The first-order valence-corrected chi connectivity index (χ1v) is 7.00. The van der Waals surface area contributed by atoms with Crippen molar-refractivity contribution in [2.45, 2.75) is 32.7 Å². The first-order valence-electron chi connectivity index (χ1n) is 7.00. The summed E-state index contributed by atoms with van der Waals surface area (Å²) in [7, 11) is 0.